The van der Waals surface area contributed by atoms with E-state index in [0.717, 1.165) is 6.20 Å². The summed E-state index contributed by atoms with van der Waals surface area (Å²) in [5.74, 6) is -0.941. The normalized spacial score (nSPS) is 18.9. The van der Waals surface area contributed by atoms with E-state index in [1.807, 2.05) is 0 Å². The predicted octanol–water partition coefficient (Wildman–Crippen LogP) is 1.60. The molecule has 17 heavy (non-hydrogen) atoms. The fourth-order valence-electron chi connectivity index (χ4n) is 2.03. The van der Waals surface area contributed by atoms with Crippen molar-refractivity contribution in [1.82, 2.24) is 4.98 Å². The molecule has 0 aliphatic carbocycles. The number of hydrogen-bond acceptors (Lipinski definition) is 4. The van der Waals surface area contributed by atoms with Gasteiger partial charge in [-0.2, -0.15) is 0 Å². The third-order valence-corrected chi connectivity index (χ3v) is 3.12. The van der Waals surface area contributed by atoms with Crippen molar-refractivity contribution in [2.75, 3.05) is 20.3 Å². The standard InChI is InChI=1S/C12H14FNO3/c1-16-12(3-6-17-7-4-12)11(15)9-2-5-14-8-10(9)13/h2,5,8H,3-4,6-7H2,1H3. The number of pyridine rings is 1. The molecule has 0 bridgehead atoms. The van der Waals surface area contributed by atoms with Crippen molar-refractivity contribution < 1.29 is 18.7 Å². The molecule has 0 unspecified atom stereocenters. The van der Waals surface area contributed by atoms with Gasteiger partial charge in [0.25, 0.3) is 0 Å². The summed E-state index contributed by atoms with van der Waals surface area (Å²) in [5.41, 5.74) is -0.927. The summed E-state index contributed by atoms with van der Waals surface area (Å²) in [7, 11) is 1.47. The van der Waals surface area contributed by atoms with E-state index < -0.39 is 11.4 Å². The minimum Gasteiger partial charge on any atom is -0.381 e. The van der Waals surface area contributed by atoms with Crippen molar-refractivity contribution in [1.29, 1.82) is 0 Å². The molecule has 0 N–H and O–H groups in total. The fraction of sp³-hybridized carbons (Fsp3) is 0.500. The molecule has 0 spiro atoms. The molecule has 1 aliphatic rings. The molecule has 1 aromatic heterocycles. The van der Waals surface area contributed by atoms with Crippen molar-refractivity contribution in [2.24, 2.45) is 0 Å². The molecule has 0 saturated carbocycles. The van der Waals surface area contributed by atoms with Gasteiger partial charge in [-0.05, 0) is 6.07 Å². The molecule has 2 rings (SSSR count). The summed E-state index contributed by atoms with van der Waals surface area (Å²) in [5, 5.41) is 0. The van der Waals surface area contributed by atoms with Gasteiger partial charge in [0, 0.05) is 39.4 Å². The van der Waals surface area contributed by atoms with Crippen LogP contribution in [0.5, 0.6) is 0 Å². The maximum Gasteiger partial charge on any atom is 0.197 e. The molecule has 0 aromatic carbocycles. The van der Waals surface area contributed by atoms with Crippen LogP contribution in [0.4, 0.5) is 4.39 Å². The van der Waals surface area contributed by atoms with Gasteiger partial charge in [-0.25, -0.2) is 4.39 Å². The van der Waals surface area contributed by atoms with Gasteiger partial charge in [0.2, 0.25) is 0 Å². The second-order valence-electron chi connectivity index (χ2n) is 4.00. The predicted molar refractivity (Wildman–Crippen MR) is 58.3 cm³/mol. The van der Waals surface area contributed by atoms with Gasteiger partial charge in [0.1, 0.15) is 5.60 Å². The quantitative estimate of drug-likeness (QED) is 0.752. The highest BCUT2D eigenvalue weighted by molar-refractivity contribution is 6.02. The Balaban J connectivity index is 2.32. The van der Waals surface area contributed by atoms with E-state index in [9.17, 15) is 9.18 Å². The minimum atomic E-state index is -0.958. The molecule has 1 aromatic rings. The smallest absolute Gasteiger partial charge is 0.197 e. The highest BCUT2D eigenvalue weighted by atomic mass is 19.1. The second-order valence-corrected chi connectivity index (χ2v) is 4.00. The number of carbonyl (C=O) groups is 1. The molecular weight excluding hydrogens is 225 g/mol. The zero-order chi connectivity index (χ0) is 12.3. The van der Waals surface area contributed by atoms with E-state index in [0.29, 0.717) is 26.1 Å². The van der Waals surface area contributed by atoms with Crippen LogP contribution in [-0.2, 0) is 9.47 Å². The highest BCUT2D eigenvalue weighted by Gasteiger charge is 2.41. The first kappa shape index (κ1) is 12.1. The Morgan fingerprint density at radius 3 is 2.82 bits per heavy atom. The Labute approximate surface area is 98.8 Å². The summed E-state index contributed by atoms with van der Waals surface area (Å²) in [6, 6.07) is 1.38. The highest BCUT2D eigenvalue weighted by Crippen LogP contribution is 2.29. The van der Waals surface area contributed by atoms with Gasteiger partial charge in [0.05, 0.1) is 11.8 Å². The van der Waals surface area contributed by atoms with Crippen molar-refractivity contribution >= 4 is 5.78 Å². The first-order valence-corrected chi connectivity index (χ1v) is 5.47. The van der Waals surface area contributed by atoms with Gasteiger partial charge in [-0.15, -0.1) is 0 Å². The van der Waals surface area contributed by atoms with E-state index in [2.05, 4.69) is 4.98 Å². The number of hydrogen-bond donors (Lipinski definition) is 0. The van der Waals surface area contributed by atoms with Crippen LogP contribution in [0, 0.1) is 5.82 Å². The van der Waals surface area contributed by atoms with Crippen molar-refractivity contribution in [2.45, 2.75) is 18.4 Å². The van der Waals surface area contributed by atoms with Crippen LogP contribution in [0.2, 0.25) is 0 Å². The summed E-state index contributed by atoms with van der Waals surface area (Å²) < 4.78 is 24.1. The van der Waals surface area contributed by atoms with Gasteiger partial charge >= 0.3 is 0 Å². The molecule has 1 fully saturated rings. The number of carbonyl (C=O) groups excluding carboxylic acids is 1. The minimum absolute atomic E-state index is 0.0313. The Morgan fingerprint density at radius 1 is 1.53 bits per heavy atom. The molecule has 2 heterocycles. The van der Waals surface area contributed by atoms with Gasteiger partial charge < -0.3 is 9.47 Å². The zero-order valence-corrected chi connectivity index (χ0v) is 9.61. The van der Waals surface area contributed by atoms with Crippen LogP contribution in [-0.4, -0.2) is 36.7 Å². The molecule has 1 aliphatic heterocycles. The molecule has 92 valence electrons. The Kier molecular flexibility index (Phi) is 3.49. The van der Waals surface area contributed by atoms with Gasteiger partial charge in [0.15, 0.2) is 11.6 Å². The average Bonchev–Trinajstić information content (AvgIpc) is 2.39. The van der Waals surface area contributed by atoms with E-state index in [1.165, 1.54) is 19.4 Å². The molecule has 4 nitrogen and oxygen atoms in total. The van der Waals surface area contributed by atoms with Crippen LogP contribution in [0.3, 0.4) is 0 Å². The summed E-state index contributed by atoms with van der Waals surface area (Å²) in [4.78, 5) is 16.0. The third-order valence-electron chi connectivity index (χ3n) is 3.12. The Hall–Kier alpha value is -1.33. The fourth-order valence-corrected chi connectivity index (χ4v) is 2.03. The number of rotatable bonds is 3. The van der Waals surface area contributed by atoms with Crippen molar-refractivity contribution in [3.63, 3.8) is 0 Å². The summed E-state index contributed by atoms with van der Waals surface area (Å²) in [6.45, 7) is 0.901. The third kappa shape index (κ3) is 2.21. The molecule has 0 radical (unpaired) electrons. The number of methoxy groups -OCH3 is 1. The first-order chi connectivity index (χ1) is 8.19. The van der Waals surface area contributed by atoms with Crippen LogP contribution in [0.25, 0.3) is 0 Å². The van der Waals surface area contributed by atoms with Crippen LogP contribution in [0.1, 0.15) is 23.2 Å². The van der Waals surface area contributed by atoms with E-state index in [1.54, 1.807) is 0 Å². The van der Waals surface area contributed by atoms with E-state index in [4.69, 9.17) is 9.47 Å². The Bertz CT molecular complexity index is 416. The molecule has 0 atom stereocenters. The van der Waals surface area contributed by atoms with Crippen molar-refractivity contribution in [3.8, 4) is 0 Å². The van der Waals surface area contributed by atoms with Crippen molar-refractivity contribution in [3.05, 3.63) is 29.8 Å². The summed E-state index contributed by atoms with van der Waals surface area (Å²) in [6.07, 6.45) is 3.34. The number of halogens is 1. The number of ketones is 1. The number of nitrogens with zero attached hydrogens (tertiary/aromatic N) is 1. The van der Waals surface area contributed by atoms with Crippen LogP contribution < -0.4 is 0 Å². The first-order valence-electron chi connectivity index (χ1n) is 5.47. The average molecular weight is 239 g/mol. The largest absolute Gasteiger partial charge is 0.381 e. The lowest BCUT2D eigenvalue weighted by molar-refractivity contribution is -0.0664. The lowest BCUT2D eigenvalue weighted by atomic mass is 9.86. The lowest BCUT2D eigenvalue weighted by Crippen LogP contribution is -2.46. The Morgan fingerprint density at radius 2 is 2.24 bits per heavy atom. The second kappa shape index (κ2) is 4.89. The maximum atomic E-state index is 13.5. The van der Waals surface area contributed by atoms with Gasteiger partial charge in [-0.1, -0.05) is 0 Å². The zero-order valence-electron chi connectivity index (χ0n) is 9.61. The van der Waals surface area contributed by atoms with Crippen LogP contribution >= 0.6 is 0 Å². The number of aromatic nitrogens is 1. The van der Waals surface area contributed by atoms with E-state index in [-0.39, 0.29) is 11.3 Å². The SMILES string of the molecule is COC1(C(=O)c2ccncc2F)CCOCC1. The van der Waals surface area contributed by atoms with E-state index >= 15 is 0 Å². The van der Waals surface area contributed by atoms with Gasteiger partial charge in [-0.3, -0.25) is 9.78 Å². The molecule has 0 amide bonds. The molecule has 1 saturated heterocycles. The lowest BCUT2D eigenvalue weighted by Gasteiger charge is -2.34. The molecular formula is C12H14FNO3. The number of Topliss-reactive ketones (excluding diaryl/α,β-unsaturated/α-hetero) is 1. The van der Waals surface area contributed by atoms with Crippen LogP contribution in [0.15, 0.2) is 18.5 Å². The number of ether oxygens (including phenoxy) is 2. The monoisotopic (exact) mass is 239 g/mol. The molecule has 5 heteroatoms. The summed E-state index contributed by atoms with van der Waals surface area (Å²) >= 11 is 0. The maximum absolute atomic E-state index is 13.5. The topological polar surface area (TPSA) is 48.4 Å².